The van der Waals surface area contributed by atoms with Crippen LogP contribution in [0.25, 0.3) is 11.1 Å². The van der Waals surface area contributed by atoms with Gasteiger partial charge in [-0.2, -0.15) is 4.98 Å². The zero-order chi connectivity index (χ0) is 14.1. The van der Waals surface area contributed by atoms with Crippen molar-refractivity contribution in [1.29, 1.82) is 0 Å². The lowest BCUT2D eigenvalue weighted by Crippen LogP contribution is -2.42. The third kappa shape index (κ3) is 2.45. The van der Waals surface area contributed by atoms with E-state index >= 15 is 0 Å². The molecule has 20 heavy (non-hydrogen) atoms. The molecule has 1 amide bonds. The zero-order valence-electron chi connectivity index (χ0n) is 11.2. The molecule has 0 radical (unpaired) electrons. The summed E-state index contributed by atoms with van der Waals surface area (Å²) in [5, 5.41) is 3.34. The number of fused-ring (bicyclic) bond motifs is 1. The van der Waals surface area contributed by atoms with Crippen LogP contribution < -0.4 is 10.2 Å². The molecular formula is C14H16ClN3O2. The van der Waals surface area contributed by atoms with Crippen molar-refractivity contribution in [2.45, 2.75) is 12.8 Å². The summed E-state index contributed by atoms with van der Waals surface area (Å²) >= 11 is 5.95. The molecule has 1 unspecified atom stereocenters. The summed E-state index contributed by atoms with van der Waals surface area (Å²) in [5.41, 5.74) is 1.46. The van der Waals surface area contributed by atoms with Crippen molar-refractivity contribution in [2.75, 3.05) is 25.0 Å². The molecule has 3 rings (SSSR count). The summed E-state index contributed by atoms with van der Waals surface area (Å²) < 4.78 is 5.75. The van der Waals surface area contributed by atoms with Crippen LogP contribution >= 0.6 is 11.6 Å². The molecule has 106 valence electrons. The van der Waals surface area contributed by atoms with Crippen molar-refractivity contribution >= 4 is 34.6 Å². The Labute approximate surface area is 121 Å². The summed E-state index contributed by atoms with van der Waals surface area (Å²) in [4.78, 5) is 18.2. The largest absolute Gasteiger partial charge is 0.423 e. The lowest BCUT2D eigenvalue weighted by molar-refractivity contribution is -0.124. The van der Waals surface area contributed by atoms with Gasteiger partial charge in [-0.3, -0.25) is 4.79 Å². The minimum absolute atomic E-state index is 0.00708. The van der Waals surface area contributed by atoms with Crippen molar-refractivity contribution in [3.63, 3.8) is 0 Å². The summed E-state index contributed by atoms with van der Waals surface area (Å²) in [7, 11) is 1.67. The van der Waals surface area contributed by atoms with Gasteiger partial charge >= 0.3 is 0 Å². The van der Waals surface area contributed by atoms with Gasteiger partial charge in [0.15, 0.2) is 5.58 Å². The monoisotopic (exact) mass is 293 g/mol. The molecule has 5 nitrogen and oxygen atoms in total. The van der Waals surface area contributed by atoms with Gasteiger partial charge in [-0.05, 0) is 31.0 Å². The van der Waals surface area contributed by atoms with Crippen LogP contribution in [0.15, 0.2) is 22.6 Å². The molecule has 1 fully saturated rings. The molecule has 0 aliphatic carbocycles. The van der Waals surface area contributed by atoms with E-state index in [9.17, 15) is 4.79 Å². The van der Waals surface area contributed by atoms with Gasteiger partial charge in [-0.1, -0.05) is 11.6 Å². The van der Waals surface area contributed by atoms with Crippen LogP contribution in [0.4, 0.5) is 6.01 Å². The molecule has 6 heteroatoms. The highest BCUT2D eigenvalue weighted by molar-refractivity contribution is 6.31. The summed E-state index contributed by atoms with van der Waals surface area (Å²) in [6, 6.07) is 5.94. The van der Waals surface area contributed by atoms with Gasteiger partial charge in [-0.25, -0.2) is 0 Å². The number of nitrogens with one attached hydrogen (secondary N) is 1. The number of nitrogens with zero attached hydrogens (tertiary/aromatic N) is 2. The first-order valence-electron chi connectivity index (χ1n) is 6.70. The van der Waals surface area contributed by atoms with Crippen LogP contribution in [0.1, 0.15) is 12.8 Å². The lowest BCUT2D eigenvalue weighted by Gasteiger charge is -2.30. The molecule has 1 aliphatic heterocycles. The summed E-state index contributed by atoms with van der Waals surface area (Å²) in [5.74, 6) is 0.0706. The molecule has 1 saturated heterocycles. The highest BCUT2D eigenvalue weighted by Crippen LogP contribution is 2.27. The molecule has 1 aromatic heterocycles. The van der Waals surface area contributed by atoms with Gasteiger partial charge in [0.2, 0.25) is 5.91 Å². The Hall–Kier alpha value is -1.75. The van der Waals surface area contributed by atoms with Crippen LogP contribution in [0.5, 0.6) is 0 Å². The molecule has 2 heterocycles. The van der Waals surface area contributed by atoms with E-state index in [1.807, 2.05) is 11.0 Å². The number of hydrogen-bond donors (Lipinski definition) is 1. The fourth-order valence-electron chi connectivity index (χ4n) is 2.59. The van der Waals surface area contributed by atoms with E-state index in [1.165, 1.54) is 0 Å². The first kappa shape index (κ1) is 13.2. The summed E-state index contributed by atoms with van der Waals surface area (Å²) in [6.07, 6.45) is 1.86. The third-order valence-electron chi connectivity index (χ3n) is 3.65. The maximum atomic E-state index is 11.8. The first-order valence-corrected chi connectivity index (χ1v) is 7.08. The van der Waals surface area contributed by atoms with E-state index in [4.69, 9.17) is 16.0 Å². The zero-order valence-corrected chi connectivity index (χ0v) is 12.0. The van der Waals surface area contributed by atoms with Crippen molar-refractivity contribution in [3.8, 4) is 0 Å². The molecule has 1 aliphatic rings. The second-order valence-electron chi connectivity index (χ2n) is 5.01. The quantitative estimate of drug-likeness (QED) is 0.924. The number of oxazole rings is 1. The normalized spacial score (nSPS) is 19.3. The Bertz CT molecular complexity index is 640. The predicted octanol–water partition coefficient (Wildman–Crippen LogP) is 2.44. The van der Waals surface area contributed by atoms with Crippen LogP contribution in [0.3, 0.4) is 0 Å². The van der Waals surface area contributed by atoms with Crippen LogP contribution in [0, 0.1) is 5.92 Å². The number of aromatic nitrogens is 1. The Kier molecular flexibility index (Phi) is 3.53. The third-order valence-corrected chi connectivity index (χ3v) is 3.88. The number of hydrogen-bond acceptors (Lipinski definition) is 4. The Morgan fingerprint density at radius 2 is 2.40 bits per heavy atom. The van der Waals surface area contributed by atoms with Crippen molar-refractivity contribution < 1.29 is 9.21 Å². The van der Waals surface area contributed by atoms with Gasteiger partial charge in [0.25, 0.3) is 6.01 Å². The Balaban J connectivity index is 1.84. The predicted molar refractivity (Wildman–Crippen MR) is 78.0 cm³/mol. The second kappa shape index (κ2) is 5.32. The Morgan fingerprint density at radius 1 is 1.55 bits per heavy atom. The maximum absolute atomic E-state index is 11.8. The molecule has 1 atom stereocenters. The van der Waals surface area contributed by atoms with Crippen LogP contribution in [0.2, 0.25) is 5.02 Å². The van der Waals surface area contributed by atoms with E-state index in [0.29, 0.717) is 23.2 Å². The number of carbonyl (C=O) groups excluding carboxylic acids is 1. The molecule has 1 N–H and O–H groups in total. The van der Waals surface area contributed by atoms with E-state index in [0.717, 1.165) is 24.9 Å². The highest BCUT2D eigenvalue weighted by Gasteiger charge is 2.27. The number of rotatable bonds is 2. The average molecular weight is 294 g/mol. The van der Waals surface area contributed by atoms with E-state index < -0.39 is 0 Å². The van der Waals surface area contributed by atoms with Gasteiger partial charge < -0.3 is 14.6 Å². The molecule has 0 bridgehead atoms. The maximum Gasteiger partial charge on any atom is 0.298 e. The highest BCUT2D eigenvalue weighted by atomic mass is 35.5. The fourth-order valence-corrected chi connectivity index (χ4v) is 2.76. The van der Waals surface area contributed by atoms with E-state index in [2.05, 4.69) is 10.3 Å². The lowest BCUT2D eigenvalue weighted by atomic mass is 9.97. The first-order chi connectivity index (χ1) is 9.67. The molecule has 0 saturated carbocycles. The van der Waals surface area contributed by atoms with Gasteiger partial charge in [0, 0.05) is 25.2 Å². The van der Waals surface area contributed by atoms with Crippen molar-refractivity contribution in [2.24, 2.45) is 5.92 Å². The topological polar surface area (TPSA) is 58.4 Å². The molecule has 1 aromatic carbocycles. The minimum Gasteiger partial charge on any atom is -0.423 e. The van der Waals surface area contributed by atoms with E-state index in [-0.39, 0.29) is 11.8 Å². The number of carbonyl (C=O) groups is 1. The fraction of sp³-hybridized carbons (Fsp3) is 0.429. The smallest absolute Gasteiger partial charge is 0.298 e. The van der Waals surface area contributed by atoms with Crippen LogP contribution in [-0.2, 0) is 4.79 Å². The second-order valence-corrected chi connectivity index (χ2v) is 5.44. The number of anilines is 1. The van der Waals surface area contributed by atoms with Crippen LogP contribution in [-0.4, -0.2) is 31.0 Å². The number of halogens is 1. The Morgan fingerprint density at radius 3 is 3.20 bits per heavy atom. The average Bonchev–Trinajstić information content (AvgIpc) is 2.89. The van der Waals surface area contributed by atoms with E-state index in [1.54, 1.807) is 19.2 Å². The van der Waals surface area contributed by atoms with Crippen molar-refractivity contribution in [1.82, 2.24) is 10.3 Å². The molecular weight excluding hydrogens is 278 g/mol. The SMILES string of the molecule is CNC(=O)C1CCCN(c2nc3cc(Cl)ccc3o2)C1. The summed E-state index contributed by atoms with van der Waals surface area (Å²) in [6.45, 7) is 1.49. The van der Waals surface area contributed by atoms with Gasteiger partial charge in [0.1, 0.15) is 5.52 Å². The number of amides is 1. The van der Waals surface area contributed by atoms with Gasteiger partial charge in [-0.15, -0.1) is 0 Å². The minimum atomic E-state index is -0.00708. The standard InChI is InChI=1S/C14H16ClN3O2/c1-16-13(19)9-3-2-6-18(8-9)14-17-11-7-10(15)4-5-12(11)20-14/h4-5,7,9H,2-3,6,8H2,1H3,(H,16,19). The number of benzene rings is 1. The molecule has 2 aromatic rings. The molecule has 0 spiro atoms. The van der Waals surface area contributed by atoms with Gasteiger partial charge in [0.05, 0.1) is 5.92 Å². The number of piperidine rings is 1. The van der Waals surface area contributed by atoms with Crippen molar-refractivity contribution in [3.05, 3.63) is 23.2 Å².